The van der Waals surface area contributed by atoms with Crippen molar-refractivity contribution < 1.29 is 9.53 Å². The molecular weight excluding hydrogens is 196 g/mol. The number of thiol groups is 1. The highest BCUT2D eigenvalue weighted by atomic mass is 32.1. The lowest BCUT2D eigenvalue weighted by atomic mass is 10.1. The largest absolute Gasteiger partial charge is 0.427 e. The standard InChI is InChI=1S/C11H8O2S/c12-7-13-11-9-4-2-1-3-8(9)5-6-10(11)14/h1-7,14H. The van der Waals surface area contributed by atoms with Crippen LogP contribution in [0.15, 0.2) is 41.3 Å². The van der Waals surface area contributed by atoms with Crippen LogP contribution in [0.3, 0.4) is 0 Å². The lowest BCUT2D eigenvalue weighted by molar-refractivity contribution is -0.120. The van der Waals surface area contributed by atoms with Crippen molar-refractivity contribution in [1.29, 1.82) is 0 Å². The summed E-state index contributed by atoms with van der Waals surface area (Å²) in [5.41, 5.74) is 0. The van der Waals surface area contributed by atoms with Crippen LogP contribution in [0.4, 0.5) is 0 Å². The summed E-state index contributed by atoms with van der Waals surface area (Å²) in [7, 11) is 0. The Morgan fingerprint density at radius 2 is 1.93 bits per heavy atom. The number of benzene rings is 2. The highest BCUT2D eigenvalue weighted by molar-refractivity contribution is 7.80. The van der Waals surface area contributed by atoms with Gasteiger partial charge in [-0.1, -0.05) is 30.3 Å². The zero-order valence-electron chi connectivity index (χ0n) is 7.31. The van der Waals surface area contributed by atoms with Gasteiger partial charge in [0, 0.05) is 10.3 Å². The maximum atomic E-state index is 10.3. The van der Waals surface area contributed by atoms with E-state index in [0.29, 0.717) is 17.1 Å². The number of hydrogen-bond acceptors (Lipinski definition) is 3. The van der Waals surface area contributed by atoms with Crippen LogP contribution in [-0.2, 0) is 4.79 Å². The predicted octanol–water partition coefficient (Wildman–Crippen LogP) is 2.66. The molecule has 0 atom stereocenters. The Hall–Kier alpha value is -1.48. The first-order chi connectivity index (χ1) is 6.83. The van der Waals surface area contributed by atoms with Crippen LogP contribution in [0.5, 0.6) is 5.75 Å². The summed E-state index contributed by atoms with van der Waals surface area (Å²) >= 11 is 4.22. The molecule has 0 fully saturated rings. The molecule has 2 aromatic rings. The molecular formula is C11H8O2S. The molecule has 3 heteroatoms. The van der Waals surface area contributed by atoms with Gasteiger partial charge in [0.05, 0.1) is 0 Å². The molecule has 0 radical (unpaired) electrons. The van der Waals surface area contributed by atoms with Crippen LogP contribution in [-0.4, -0.2) is 6.47 Å². The van der Waals surface area contributed by atoms with E-state index in [1.165, 1.54) is 0 Å². The summed E-state index contributed by atoms with van der Waals surface area (Å²) in [6.45, 7) is 0.418. The Morgan fingerprint density at radius 1 is 1.14 bits per heavy atom. The molecule has 70 valence electrons. The van der Waals surface area contributed by atoms with Crippen LogP contribution in [0.2, 0.25) is 0 Å². The van der Waals surface area contributed by atoms with Crippen LogP contribution in [0.1, 0.15) is 0 Å². The molecule has 0 aromatic heterocycles. The van der Waals surface area contributed by atoms with Gasteiger partial charge in [-0.2, -0.15) is 0 Å². The maximum absolute atomic E-state index is 10.3. The number of carbonyl (C=O) groups is 1. The molecule has 0 aliphatic heterocycles. The molecule has 0 N–H and O–H groups in total. The summed E-state index contributed by atoms with van der Waals surface area (Å²) in [6, 6.07) is 11.4. The molecule has 0 aliphatic carbocycles. The summed E-state index contributed by atoms with van der Waals surface area (Å²) in [5.74, 6) is 0.515. The number of rotatable bonds is 2. The van der Waals surface area contributed by atoms with Gasteiger partial charge in [0.15, 0.2) is 5.75 Å². The summed E-state index contributed by atoms with van der Waals surface area (Å²) in [4.78, 5) is 11.0. The molecule has 0 unspecified atom stereocenters. The van der Waals surface area contributed by atoms with Crippen molar-refractivity contribution in [2.24, 2.45) is 0 Å². The molecule has 14 heavy (non-hydrogen) atoms. The Kier molecular flexibility index (Phi) is 2.41. The lowest BCUT2D eigenvalue weighted by Crippen LogP contribution is -1.91. The fourth-order valence-corrected chi connectivity index (χ4v) is 1.65. The first-order valence-electron chi connectivity index (χ1n) is 4.14. The number of ether oxygens (including phenoxy) is 1. The molecule has 0 saturated heterocycles. The number of fused-ring (bicyclic) bond motifs is 1. The van der Waals surface area contributed by atoms with Gasteiger partial charge in [-0.25, -0.2) is 0 Å². The SMILES string of the molecule is O=COc1c(S)ccc2ccccc12. The fraction of sp³-hybridized carbons (Fsp3) is 0. The van der Waals surface area contributed by atoms with E-state index in [1.807, 2.05) is 36.4 Å². The number of carbonyl (C=O) groups excluding carboxylic acids is 1. The third-order valence-electron chi connectivity index (χ3n) is 2.02. The highest BCUT2D eigenvalue weighted by Crippen LogP contribution is 2.31. The molecule has 2 rings (SSSR count). The monoisotopic (exact) mass is 204 g/mol. The van der Waals surface area contributed by atoms with Crippen LogP contribution in [0, 0.1) is 0 Å². The average molecular weight is 204 g/mol. The Labute approximate surface area is 86.9 Å². The van der Waals surface area contributed by atoms with Crippen molar-refractivity contribution in [2.45, 2.75) is 4.90 Å². The zero-order chi connectivity index (χ0) is 9.97. The van der Waals surface area contributed by atoms with Crippen LogP contribution >= 0.6 is 12.6 Å². The number of hydrogen-bond donors (Lipinski definition) is 1. The van der Waals surface area contributed by atoms with Crippen molar-refractivity contribution in [3.05, 3.63) is 36.4 Å². The van der Waals surface area contributed by atoms with E-state index < -0.39 is 0 Å². The van der Waals surface area contributed by atoms with E-state index in [9.17, 15) is 4.79 Å². The van der Waals surface area contributed by atoms with Crippen molar-refractivity contribution in [2.75, 3.05) is 0 Å². The molecule has 0 aliphatic rings. The minimum atomic E-state index is 0.418. The van der Waals surface area contributed by atoms with Gasteiger partial charge < -0.3 is 4.74 Å². The van der Waals surface area contributed by atoms with Crippen molar-refractivity contribution >= 4 is 29.9 Å². The van der Waals surface area contributed by atoms with Crippen LogP contribution < -0.4 is 4.74 Å². The summed E-state index contributed by atoms with van der Waals surface area (Å²) < 4.78 is 4.89. The Bertz CT molecular complexity index is 480. The van der Waals surface area contributed by atoms with Crippen LogP contribution in [0.25, 0.3) is 10.8 Å². The summed E-state index contributed by atoms with van der Waals surface area (Å²) in [6.07, 6.45) is 0. The van der Waals surface area contributed by atoms with Gasteiger partial charge in [-0.15, -0.1) is 12.6 Å². The molecule has 0 amide bonds. The van der Waals surface area contributed by atoms with Gasteiger partial charge in [-0.05, 0) is 11.5 Å². The normalized spacial score (nSPS) is 10.1. The van der Waals surface area contributed by atoms with Gasteiger partial charge >= 0.3 is 0 Å². The second-order valence-electron chi connectivity index (χ2n) is 2.85. The third-order valence-corrected chi connectivity index (χ3v) is 2.38. The molecule has 2 aromatic carbocycles. The maximum Gasteiger partial charge on any atom is 0.298 e. The topological polar surface area (TPSA) is 26.3 Å². The minimum absolute atomic E-state index is 0.418. The van der Waals surface area contributed by atoms with E-state index in [1.54, 1.807) is 0 Å². The Morgan fingerprint density at radius 3 is 2.71 bits per heavy atom. The van der Waals surface area contributed by atoms with E-state index >= 15 is 0 Å². The molecule has 2 nitrogen and oxygen atoms in total. The Balaban J connectivity index is 2.75. The van der Waals surface area contributed by atoms with Gasteiger partial charge in [0.1, 0.15) is 0 Å². The fourth-order valence-electron chi connectivity index (χ4n) is 1.40. The van der Waals surface area contributed by atoms with Gasteiger partial charge in [-0.3, -0.25) is 4.79 Å². The van der Waals surface area contributed by atoms with Gasteiger partial charge in [0.2, 0.25) is 0 Å². The molecule has 0 saturated carbocycles. The zero-order valence-corrected chi connectivity index (χ0v) is 8.20. The van der Waals surface area contributed by atoms with Crippen molar-refractivity contribution in [3.63, 3.8) is 0 Å². The smallest absolute Gasteiger partial charge is 0.298 e. The minimum Gasteiger partial charge on any atom is -0.427 e. The van der Waals surface area contributed by atoms with Crippen molar-refractivity contribution in [1.82, 2.24) is 0 Å². The quantitative estimate of drug-likeness (QED) is 0.601. The van der Waals surface area contributed by atoms with E-state index in [-0.39, 0.29) is 0 Å². The molecule has 0 bridgehead atoms. The third kappa shape index (κ3) is 1.46. The first kappa shape index (κ1) is 9.09. The lowest BCUT2D eigenvalue weighted by Gasteiger charge is -2.06. The second kappa shape index (κ2) is 3.72. The molecule has 0 heterocycles. The first-order valence-corrected chi connectivity index (χ1v) is 4.58. The van der Waals surface area contributed by atoms with Crippen molar-refractivity contribution in [3.8, 4) is 5.75 Å². The van der Waals surface area contributed by atoms with Gasteiger partial charge in [0.25, 0.3) is 6.47 Å². The second-order valence-corrected chi connectivity index (χ2v) is 3.33. The highest BCUT2D eigenvalue weighted by Gasteiger charge is 2.05. The van der Waals surface area contributed by atoms with E-state index in [4.69, 9.17) is 4.74 Å². The average Bonchev–Trinajstić information content (AvgIpc) is 2.23. The molecule has 0 spiro atoms. The van der Waals surface area contributed by atoms with E-state index in [2.05, 4.69) is 12.6 Å². The van der Waals surface area contributed by atoms with E-state index in [0.717, 1.165) is 10.8 Å². The summed E-state index contributed by atoms with van der Waals surface area (Å²) in [5, 5.41) is 1.93. The predicted molar refractivity (Wildman–Crippen MR) is 57.9 cm³/mol.